The first-order valence-corrected chi connectivity index (χ1v) is 5.29. The van der Waals surface area contributed by atoms with Crippen molar-refractivity contribution < 1.29 is 19.5 Å². The van der Waals surface area contributed by atoms with Crippen LogP contribution in [0.3, 0.4) is 0 Å². The van der Waals surface area contributed by atoms with Crippen LogP contribution in [0.1, 0.15) is 12.8 Å². The molecule has 1 saturated heterocycles. The number of carbonyl (C=O) groups excluding carboxylic acids is 1. The van der Waals surface area contributed by atoms with Gasteiger partial charge in [-0.15, -0.1) is 0 Å². The molecule has 2 heterocycles. The van der Waals surface area contributed by atoms with Crippen LogP contribution in [0.25, 0.3) is 0 Å². The van der Waals surface area contributed by atoms with E-state index in [4.69, 9.17) is 4.74 Å². The van der Waals surface area contributed by atoms with E-state index in [0.717, 1.165) is 30.1 Å². The number of hydroxylamine groups is 2. The molecule has 1 fully saturated rings. The largest absolute Gasteiger partial charge is 0.467 e. The van der Waals surface area contributed by atoms with Gasteiger partial charge in [-0.2, -0.15) is 0 Å². The molecule has 0 aromatic rings. The first kappa shape index (κ1) is 11.2. The second-order valence-electron chi connectivity index (χ2n) is 3.84. The summed E-state index contributed by atoms with van der Waals surface area (Å²) in [6.07, 6.45) is 6.96. The molecule has 0 aromatic carbocycles. The lowest BCUT2D eigenvalue weighted by molar-refractivity contribution is -0.157. The van der Waals surface area contributed by atoms with E-state index in [1.165, 1.54) is 13.3 Å². The summed E-state index contributed by atoms with van der Waals surface area (Å²) in [4.78, 5) is 11.3. The quantitative estimate of drug-likeness (QED) is 0.706. The maximum Gasteiger partial charge on any atom is 0.335 e. The van der Waals surface area contributed by atoms with Crippen molar-refractivity contribution in [1.82, 2.24) is 5.06 Å². The summed E-state index contributed by atoms with van der Waals surface area (Å²) in [5.41, 5.74) is 0.889. The van der Waals surface area contributed by atoms with E-state index in [0.29, 0.717) is 0 Å². The van der Waals surface area contributed by atoms with Crippen LogP contribution >= 0.6 is 0 Å². The first-order chi connectivity index (χ1) is 7.72. The molecule has 88 valence electrons. The molecule has 2 unspecified atom stereocenters. The van der Waals surface area contributed by atoms with Gasteiger partial charge in [0, 0.05) is 12.8 Å². The van der Waals surface area contributed by atoms with Gasteiger partial charge in [0.2, 0.25) is 0 Å². The topological polar surface area (TPSA) is 59.0 Å². The lowest BCUT2D eigenvalue weighted by Gasteiger charge is -2.25. The van der Waals surface area contributed by atoms with Gasteiger partial charge in [-0.05, 0) is 24.5 Å². The fraction of sp³-hybridized carbons (Fsp3) is 0.545. The fourth-order valence-corrected chi connectivity index (χ4v) is 1.90. The van der Waals surface area contributed by atoms with Crippen LogP contribution in [-0.2, 0) is 14.3 Å². The van der Waals surface area contributed by atoms with Crippen molar-refractivity contribution in [3.8, 4) is 0 Å². The molecule has 2 aliphatic rings. The Morgan fingerprint density at radius 1 is 1.69 bits per heavy atom. The molecular formula is C11H15NO4. The number of carbonyl (C=O) groups is 1. The predicted molar refractivity (Wildman–Crippen MR) is 55.6 cm³/mol. The Morgan fingerprint density at radius 3 is 3.06 bits per heavy atom. The Morgan fingerprint density at radius 2 is 2.50 bits per heavy atom. The molecule has 5 heteroatoms. The van der Waals surface area contributed by atoms with Gasteiger partial charge >= 0.3 is 5.97 Å². The second-order valence-corrected chi connectivity index (χ2v) is 3.84. The molecule has 0 aliphatic carbocycles. The highest BCUT2D eigenvalue weighted by Crippen LogP contribution is 2.24. The molecule has 2 atom stereocenters. The van der Waals surface area contributed by atoms with Crippen LogP contribution in [-0.4, -0.2) is 42.1 Å². The van der Waals surface area contributed by atoms with Crippen molar-refractivity contribution in [3.05, 3.63) is 23.9 Å². The zero-order valence-electron chi connectivity index (χ0n) is 9.13. The third-order valence-electron chi connectivity index (χ3n) is 2.78. The van der Waals surface area contributed by atoms with Crippen molar-refractivity contribution in [2.75, 3.05) is 13.7 Å². The van der Waals surface area contributed by atoms with Crippen molar-refractivity contribution in [2.24, 2.45) is 0 Å². The standard InChI is InChI=1S/C11H15NO4/c1-15-11(13)9-5-4-8(7-12(9)14)10-3-2-6-16-10/h4-5,7,9-10,14H,2-3,6H2,1H3. The van der Waals surface area contributed by atoms with Crippen molar-refractivity contribution in [1.29, 1.82) is 0 Å². The number of esters is 1. The monoisotopic (exact) mass is 225 g/mol. The molecule has 0 saturated carbocycles. The van der Waals surface area contributed by atoms with E-state index in [1.807, 2.05) is 6.08 Å². The van der Waals surface area contributed by atoms with Crippen LogP contribution in [0.5, 0.6) is 0 Å². The first-order valence-electron chi connectivity index (χ1n) is 5.29. The summed E-state index contributed by atoms with van der Waals surface area (Å²) in [7, 11) is 1.29. The number of rotatable bonds is 2. The summed E-state index contributed by atoms with van der Waals surface area (Å²) in [6.45, 7) is 0.752. The van der Waals surface area contributed by atoms with Gasteiger partial charge in [-0.1, -0.05) is 6.08 Å². The Labute approximate surface area is 93.9 Å². The summed E-state index contributed by atoms with van der Waals surface area (Å²) in [5.74, 6) is -0.485. The van der Waals surface area contributed by atoms with Gasteiger partial charge in [0.15, 0.2) is 6.04 Å². The van der Waals surface area contributed by atoms with E-state index in [9.17, 15) is 10.0 Å². The number of nitrogens with zero attached hydrogens (tertiary/aromatic N) is 1. The molecule has 0 aromatic heterocycles. The number of hydrogen-bond donors (Lipinski definition) is 1. The number of ether oxygens (including phenoxy) is 2. The third-order valence-corrected chi connectivity index (χ3v) is 2.78. The minimum Gasteiger partial charge on any atom is -0.467 e. The molecule has 0 radical (unpaired) electrons. The molecule has 16 heavy (non-hydrogen) atoms. The maximum atomic E-state index is 11.3. The molecule has 2 aliphatic heterocycles. The van der Waals surface area contributed by atoms with Gasteiger partial charge in [0.1, 0.15) is 0 Å². The minimum atomic E-state index is -0.754. The Kier molecular flexibility index (Phi) is 3.26. The van der Waals surface area contributed by atoms with E-state index in [2.05, 4.69) is 4.74 Å². The zero-order chi connectivity index (χ0) is 11.5. The second kappa shape index (κ2) is 4.67. The molecule has 5 nitrogen and oxygen atoms in total. The zero-order valence-corrected chi connectivity index (χ0v) is 9.13. The molecule has 0 amide bonds. The normalized spacial score (nSPS) is 29.1. The smallest absolute Gasteiger partial charge is 0.335 e. The summed E-state index contributed by atoms with van der Waals surface area (Å²) in [6, 6.07) is -0.754. The lowest BCUT2D eigenvalue weighted by Crippen LogP contribution is -2.37. The number of methoxy groups -OCH3 is 1. The molecular weight excluding hydrogens is 210 g/mol. The Hall–Kier alpha value is -1.33. The molecule has 1 N–H and O–H groups in total. The van der Waals surface area contributed by atoms with Gasteiger partial charge in [-0.25, -0.2) is 9.86 Å². The van der Waals surface area contributed by atoms with E-state index in [1.54, 1.807) is 6.08 Å². The van der Waals surface area contributed by atoms with Crippen molar-refractivity contribution >= 4 is 5.97 Å². The highest BCUT2D eigenvalue weighted by Gasteiger charge is 2.27. The van der Waals surface area contributed by atoms with Crippen LogP contribution in [0.15, 0.2) is 23.9 Å². The van der Waals surface area contributed by atoms with Crippen molar-refractivity contribution in [2.45, 2.75) is 25.0 Å². The van der Waals surface area contributed by atoms with Gasteiger partial charge in [0.05, 0.1) is 13.2 Å². The SMILES string of the molecule is COC(=O)C1C=CC(C2CCCO2)=CN1O. The summed E-state index contributed by atoms with van der Waals surface area (Å²) in [5, 5.41) is 10.5. The van der Waals surface area contributed by atoms with Gasteiger partial charge in [0.25, 0.3) is 0 Å². The predicted octanol–water partition coefficient (Wildman–Crippen LogP) is 0.852. The Bertz CT molecular complexity index is 331. The van der Waals surface area contributed by atoms with Crippen LogP contribution < -0.4 is 0 Å². The maximum absolute atomic E-state index is 11.3. The number of hydrogen-bond acceptors (Lipinski definition) is 5. The lowest BCUT2D eigenvalue weighted by atomic mass is 10.0. The molecule has 2 rings (SSSR count). The van der Waals surface area contributed by atoms with Crippen LogP contribution in [0.4, 0.5) is 0 Å². The van der Waals surface area contributed by atoms with Crippen LogP contribution in [0, 0.1) is 0 Å². The van der Waals surface area contributed by atoms with Crippen LogP contribution in [0.2, 0.25) is 0 Å². The molecule has 0 spiro atoms. The average molecular weight is 225 g/mol. The van der Waals surface area contributed by atoms with Crippen molar-refractivity contribution in [3.63, 3.8) is 0 Å². The highest BCUT2D eigenvalue weighted by molar-refractivity contribution is 5.78. The van der Waals surface area contributed by atoms with Gasteiger partial charge < -0.3 is 9.47 Å². The highest BCUT2D eigenvalue weighted by atomic mass is 16.5. The van der Waals surface area contributed by atoms with E-state index in [-0.39, 0.29) is 6.10 Å². The van der Waals surface area contributed by atoms with E-state index >= 15 is 0 Å². The Balaban J connectivity index is 2.05. The average Bonchev–Trinajstić information content (AvgIpc) is 2.81. The third kappa shape index (κ3) is 2.10. The minimum absolute atomic E-state index is 0.0319. The van der Waals surface area contributed by atoms with E-state index < -0.39 is 12.0 Å². The van der Waals surface area contributed by atoms with Gasteiger partial charge in [-0.3, -0.25) is 5.21 Å². The molecule has 0 bridgehead atoms. The summed E-state index contributed by atoms with van der Waals surface area (Å²) >= 11 is 0. The fourth-order valence-electron chi connectivity index (χ4n) is 1.90. The summed E-state index contributed by atoms with van der Waals surface area (Å²) < 4.78 is 10.1.